The number of rotatable bonds is 3. The number of benzene rings is 2. The molecule has 0 spiro atoms. The van der Waals surface area contributed by atoms with Crippen LogP contribution < -0.4 is 10.6 Å². The lowest BCUT2D eigenvalue weighted by Crippen LogP contribution is -2.48. The van der Waals surface area contributed by atoms with Crippen molar-refractivity contribution in [1.82, 2.24) is 0 Å². The van der Waals surface area contributed by atoms with E-state index < -0.39 is 17.5 Å². The van der Waals surface area contributed by atoms with Gasteiger partial charge in [-0.05, 0) is 55.0 Å². The maximum Gasteiger partial charge on any atom is 0.339 e. The Morgan fingerprint density at radius 1 is 1.08 bits per heavy atom. The second-order valence-electron chi connectivity index (χ2n) is 6.31. The number of hydrogen-bond donors (Lipinski definition) is 2. The molecular formula is C19H17BrN2O4. The van der Waals surface area contributed by atoms with Crippen molar-refractivity contribution < 1.29 is 19.1 Å². The fourth-order valence-corrected chi connectivity index (χ4v) is 3.21. The third kappa shape index (κ3) is 3.77. The van der Waals surface area contributed by atoms with Crippen LogP contribution in [0.1, 0.15) is 29.8 Å². The second-order valence-corrected chi connectivity index (χ2v) is 7.23. The molecule has 1 heterocycles. The molecule has 0 saturated heterocycles. The van der Waals surface area contributed by atoms with Gasteiger partial charge in [0.15, 0.2) is 5.60 Å². The average Bonchev–Trinajstić information content (AvgIpc) is 2.55. The number of hydrogen-bond acceptors (Lipinski definition) is 4. The zero-order valence-corrected chi connectivity index (χ0v) is 15.8. The van der Waals surface area contributed by atoms with Crippen molar-refractivity contribution in [2.45, 2.75) is 25.9 Å². The predicted octanol–water partition coefficient (Wildman–Crippen LogP) is 3.52. The van der Waals surface area contributed by atoms with Crippen LogP contribution in [0.4, 0.5) is 11.4 Å². The van der Waals surface area contributed by atoms with Gasteiger partial charge in [0.25, 0.3) is 5.91 Å². The maximum absolute atomic E-state index is 12.7. The minimum Gasteiger partial charge on any atom is -0.445 e. The summed E-state index contributed by atoms with van der Waals surface area (Å²) in [6.07, 6.45) is 0.281. The lowest BCUT2D eigenvalue weighted by Gasteiger charge is -2.33. The topological polar surface area (TPSA) is 84.5 Å². The lowest BCUT2D eigenvalue weighted by molar-refractivity contribution is -0.134. The third-order valence-corrected chi connectivity index (χ3v) is 4.57. The minimum atomic E-state index is -1.30. The van der Waals surface area contributed by atoms with Crippen LogP contribution in [0, 0.1) is 0 Å². The first-order valence-corrected chi connectivity index (χ1v) is 8.77. The molecule has 1 aliphatic rings. The van der Waals surface area contributed by atoms with E-state index in [1.54, 1.807) is 43.3 Å². The van der Waals surface area contributed by atoms with Crippen molar-refractivity contribution in [2.24, 2.45) is 0 Å². The summed E-state index contributed by atoms with van der Waals surface area (Å²) < 4.78 is 6.26. The molecule has 2 amide bonds. The van der Waals surface area contributed by atoms with E-state index in [2.05, 4.69) is 26.6 Å². The number of carbonyl (C=O) groups excluding carboxylic acids is 3. The van der Waals surface area contributed by atoms with Gasteiger partial charge in [-0.2, -0.15) is 0 Å². The van der Waals surface area contributed by atoms with E-state index in [-0.39, 0.29) is 12.3 Å². The molecule has 0 saturated carbocycles. The number of fused-ring (bicyclic) bond motifs is 1. The Morgan fingerprint density at radius 3 is 2.31 bits per heavy atom. The molecule has 3 rings (SSSR count). The summed E-state index contributed by atoms with van der Waals surface area (Å²) in [4.78, 5) is 36.0. The quantitative estimate of drug-likeness (QED) is 0.749. The third-order valence-electron chi connectivity index (χ3n) is 4.08. The zero-order valence-electron chi connectivity index (χ0n) is 14.3. The van der Waals surface area contributed by atoms with Crippen molar-refractivity contribution in [3.63, 3.8) is 0 Å². The monoisotopic (exact) mass is 416 g/mol. The number of amides is 2. The Kier molecular flexibility index (Phi) is 4.82. The van der Waals surface area contributed by atoms with E-state index in [9.17, 15) is 14.4 Å². The molecule has 0 aromatic heterocycles. The molecule has 134 valence electrons. The van der Waals surface area contributed by atoms with Crippen molar-refractivity contribution in [1.29, 1.82) is 0 Å². The molecule has 1 unspecified atom stereocenters. The maximum atomic E-state index is 12.7. The lowest BCUT2D eigenvalue weighted by atomic mass is 9.89. The van der Waals surface area contributed by atoms with E-state index in [0.717, 1.165) is 10.0 Å². The summed E-state index contributed by atoms with van der Waals surface area (Å²) in [5.74, 6) is -1.10. The van der Waals surface area contributed by atoms with Gasteiger partial charge in [0.1, 0.15) is 0 Å². The molecule has 0 fully saturated rings. The van der Waals surface area contributed by atoms with E-state index >= 15 is 0 Å². The van der Waals surface area contributed by atoms with Gasteiger partial charge in [0.2, 0.25) is 5.91 Å². The molecule has 7 heteroatoms. The van der Waals surface area contributed by atoms with Crippen LogP contribution in [0.25, 0.3) is 0 Å². The van der Waals surface area contributed by atoms with Crippen molar-refractivity contribution >= 4 is 45.1 Å². The standard InChI is InChI=1S/C19H17BrN2O4/c1-11(23)21-14-4-6-15(7-5-14)22-18(25)19(2)10-12-9-13(20)3-8-16(12)17(24)26-19/h3-9H,10H2,1-2H3,(H,21,23)(H,22,25). The van der Waals surface area contributed by atoms with E-state index in [1.165, 1.54) is 6.92 Å². The molecule has 2 aromatic carbocycles. The van der Waals surface area contributed by atoms with Crippen LogP contribution in [0.2, 0.25) is 0 Å². The largest absolute Gasteiger partial charge is 0.445 e. The molecule has 0 aliphatic carbocycles. The van der Waals surface area contributed by atoms with Gasteiger partial charge in [-0.3, -0.25) is 9.59 Å². The Morgan fingerprint density at radius 2 is 1.69 bits per heavy atom. The van der Waals surface area contributed by atoms with E-state index in [0.29, 0.717) is 16.9 Å². The summed E-state index contributed by atoms with van der Waals surface area (Å²) in [6.45, 7) is 3.01. The fourth-order valence-electron chi connectivity index (χ4n) is 2.80. The van der Waals surface area contributed by atoms with Crippen LogP contribution in [0.3, 0.4) is 0 Å². The molecule has 1 atom stereocenters. The van der Waals surface area contributed by atoms with Gasteiger partial charge in [-0.15, -0.1) is 0 Å². The Balaban J connectivity index is 1.77. The summed E-state index contributed by atoms with van der Waals surface area (Å²) in [5, 5.41) is 5.41. The van der Waals surface area contributed by atoms with Gasteiger partial charge in [0, 0.05) is 29.2 Å². The molecule has 2 N–H and O–H groups in total. The molecule has 0 bridgehead atoms. The number of halogens is 1. The minimum absolute atomic E-state index is 0.173. The zero-order chi connectivity index (χ0) is 18.9. The number of ether oxygens (including phenoxy) is 1. The number of esters is 1. The van der Waals surface area contributed by atoms with Crippen LogP contribution in [-0.4, -0.2) is 23.4 Å². The van der Waals surface area contributed by atoms with Gasteiger partial charge in [-0.25, -0.2) is 4.79 Å². The molecule has 0 radical (unpaired) electrons. The van der Waals surface area contributed by atoms with Gasteiger partial charge < -0.3 is 15.4 Å². The smallest absolute Gasteiger partial charge is 0.339 e. The Hall–Kier alpha value is -2.67. The Bertz CT molecular complexity index is 895. The van der Waals surface area contributed by atoms with Crippen LogP contribution in [0.15, 0.2) is 46.9 Å². The van der Waals surface area contributed by atoms with Crippen molar-refractivity contribution in [2.75, 3.05) is 10.6 Å². The molecule has 1 aliphatic heterocycles. The molecule has 6 nitrogen and oxygen atoms in total. The second kappa shape index (κ2) is 6.92. The normalized spacial score (nSPS) is 18.5. The number of carbonyl (C=O) groups is 3. The highest BCUT2D eigenvalue weighted by atomic mass is 79.9. The Labute approximate surface area is 159 Å². The highest BCUT2D eigenvalue weighted by Crippen LogP contribution is 2.31. The van der Waals surface area contributed by atoms with Crippen LogP contribution in [-0.2, 0) is 20.7 Å². The van der Waals surface area contributed by atoms with Crippen LogP contribution in [0.5, 0.6) is 0 Å². The number of anilines is 2. The van der Waals surface area contributed by atoms with E-state index in [1.807, 2.05) is 6.07 Å². The van der Waals surface area contributed by atoms with Gasteiger partial charge >= 0.3 is 5.97 Å². The molecule has 26 heavy (non-hydrogen) atoms. The van der Waals surface area contributed by atoms with Crippen LogP contribution >= 0.6 is 15.9 Å². The van der Waals surface area contributed by atoms with Gasteiger partial charge in [-0.1, -0.05) is 15.9 Å². The summed E-state index contributed by atoms with van der Waals surface area (Å²) in [7, 11) is 0. The highest BCUT2D eigenvalue weighted by molar-refractivity contribution is 9.10. The van der Waals surface area contributed by atoms with Crippen molar-refractivity contribution in [3.05, 3.63) is 58.1 Å². The SMILES string of the molecule is CC(=O)Nc1ccc(NC(=O)C2(C)Cc3cc(Br)ccc3C(=O)O2)cc1. The first-order chi connectivity index (χ1) is 12.3. The first-order valence-electron chi connectivity index (χ1n) is 7.98. The summed E-state index contributed by atoms with van der Waals surface area (Å²) >= 11 is 3.38. The predicted molar refractivity (Wildman–Crippen MR) is 101 cm³/mol. The first kappa shape index (κ1) is 18.1. The fraction of sp³-hybridized carbons (Fsp3) is 0.211. The van der Waals surface area contributed by atoms with E-state index in [4.69, 9.17) is 4.74 Å². The van der Waals surface area contributed by atoms with Crippen molar-refractivity contribution in [3.8, 4) is 0 Å². The number of cyclic esters (lactones) is 1. The average molecular weight is 417 g/mol. The molecule has 2 aromatic rings. The summed E-state index contributed by atoms with van der Waals surface area (Å²) in [6, 6.07) is 12.0. The molecular weight excluding hydrogens is 400 g/mol. The highest BCUT2D eigenvalue weighted by Gasteiger charge is 2.42. The van der Waals surface area contributed by atoms with Gasteiger partial charge in [0.05, 0.1) is 5.56 Å². The number of nitrogens with one attached hydrogen (secondary N) is 2. The summed E-state index contributed by atoms with van der Waals surface area (Å²) in [5.41, 5.74) is 1.10.